The largest absolute Gasteiger partial charge is 0.335 e. The molecule has 0 spiro atoms. The van der Waals surface area contributed by atoms with E-state index < -0.39 is 0 Å². The summed E-state index contributed by atoms with van der Waals surface area (Å²) in [6, 6.07) is 12.3. The number of nitrogens with zero attached hydrogens (tertiary/aromatic N) is 1. The highest BCUT2D eigenvalue weighted by molar-refractivity contribution is 8.00. The molecule has 2 aliphatic rings. The molecule has 6 nitrogen and oxygen atoms in total. The molecule has 2 heterocycles. The summed E-state index contributed by atoms with van der Waals surface area (Å²) in [7, 11) is 2.07. The number of carbonyl (C=O) groups excluding carboxylic acids is 1. The normalized spacial score (nSPS) is 21.5. The van der Waals surface area contributed by atoms with E-state index in [1.54, 1.807) is 0 Å². The number of H-pyrrole nitrogens is 1. The van der Waals surface area contributed by atoms with Crippen LogP contribution < -0.4 is 16.2 Å². The van der Waals surface area contributed by atoms with Crippen LogP contribution in [0.15, 0.2) is 46.1 Å². The number of hydrogen-bond donors (Lipinski definition) is 3. The van der Waals surface area contributed by atoms with Crippen LogP contribution in [0.1, 0.15) is 29.7 Å². The van der Waals surface area contributed by atoms with Gasteiger partial charge in [0.2, 0.25) is 0 Å². The van der Waals surface area contributed by atoms with Crippen LogP contribution in [0.4, 0.5) is 4.79 Å². The summed E-state index contributed by atoms with van der Waals surface area (Å²) in [4.78, 5) is 30.9. The van der Waals surface area contributed by atoms with Crippen LogP contribution in [-0.2, 0) is 19.5 Å². The van der Waals surface area contributed by atoms with Crippen LogP contribution in [0.3, 0.4) is 0 Å². The Morgan fingerprint density at radius 2 is 2.07 bits per heavy atom. The average Bonchev–Trinajstić information content (AvgIpc) is 2.66. The highest BCUT2D eigenvalue weighted by Crippen LogP contribution is 2.36. The molecule has 0 radical (unpaired) electrons. The fourth-order valence-corrected chi connectivity index (χ4v) is 5.07. The molecule has 0 unspecified atom stereocenters. The molecule has 0 bridgehead atoms. The van der Waals surface area contributed by atoms with Gasteiger partial charge in [0.05, 0.1) is 0 Å². The van der Waals surface area contributed by atoms with Crippen molar-refractivity contribution in [1.29, 1.82) is 0 Å². The van der Waals surface area contributed by atoms with E-state index in [9.17, 15) is 9.59 Å². The van der Waals surface area contributed by atoms with Gasteiger partial charge in [0.25, 0.3) is 5.56 Å². The smallest absolute Gasteiger partial charge is 0.315 e. The topological polar surface area (TPSA) is 77.2 Å². The van der Waals surface area contributed by atoms with E-state index in [1.165, 1.54) is 4.90 Å². The van der Waals surface area contributed by atoms with Crippen LogP contribution in [0.5, 0.6) is 0 Å². The van der Waals surface area contributed by atoms with Crippen molar-refractivity contribution >= 4 is 17.8 Å². The highest BCUT2D eigenvalue weighted by Gasteiger charge is 2.31. The minimum absolute atomic E-state index is 0.105. The summed E-state index contributed by atoms with van der Waals surface area (Å²) < 4.78 is 0. The van der Waals surface area contributed by atoms with E-state index in [2.05, 4.69) is 39.7 Å². The SMILES string of the molecule is CN1CCc2[nH]c(=O)c(CNC(=O)NC3CC(Sc4ccccc4)C3)cc2C1. The lowest BCUT2D eigenvalue weighted by Gasteiger charge is -2.35. The Labute approximate surface area is 169 Å². The summed E-state index contributed by atoms with van der Waals surface area (Å²) >= 11 is 1.87. The Bertz CT molecular complexity index is 893. The van der Waals surface area contributed by atoms with Crippen LogP contribution in [0, 0.1) is 0 Å². The monoisotopic (exact) mass is 398 g/mol. The standard InChI is InChI=1S/C21H26N4O2S/c1-25-8-7-19-15(13-25)9-14(20(26)24-19)12-22-21(27)23-16-10-18(11-16)28-17-5-3-2-4-6-17/h2-6,9,16,18H,7-8,10-13H2,1H3,(H,24,26)(H2,22,23,27). The number of amides is 2. The quantitative estimate of drug-likeness (QED) is 0.723. The van der Waals surface area contributed by atoms with Gasteiger partial charge in [-0.25, -0.2) is 4.79 Å². The van der Waals surface area contributed by atoms with Crippen molar-refractivity contribution in [2.45, 2.75) is 48.5 Å². The lowest BCUT2D eigenvalue weighted by molar-refractivity contribution is 0.229. The van der Waals surface area contributed by atoms with Crippen molar-refractivity contribution in [1.82, 2.24) is 20.5 Å². The Balaban J connectivity index is 1.23. The van der Waals surface area contributed by atoms with E-state index >= 15 is 0 Å². The number of pyridine rings is 1. The zero-order valence-corrected chi connectivity index (χ0v) is 16.8. The molecule has 1 fully saturated rings. The molecule has 1 aromatic heterocycles. The number of nitrogens with one attached hydrogen (secondary N) is 3. The van der Waals surface area contributed by atoms with Gasteiger partial charge in [-0.2, -0.15) is 0 Å². The number of urea groups is 1. The number of hydrogen-bond acceptors (Lipinski definition) is 4. The molecule has 3 N–H and O–H groups in total. The summed E-state index contributed by atoms with van der Waals surface area (Å²) in [6.45, 7) is 2.02. The Hall–Kier alpha value is -2.25. The van der Waals surface area contributed by atoms with Crippen molar-refractivity contribution < 1.29 is 4.79 Å². The molecule has 28 heavy (non-hydrogen) atoms. The van der Waals surface area contributed by atoms with Gasteiger partial charge >= 0.3 is 6.03 Å². The van der Waals surface area contributed by atoms with Crippen molar-refractivity contribution in [2.24, 2.45) is 0 Å². The van der Waals surface area contributed by atoms with Gasteiger partial charge < -0.3 is 20.5 Å². The van der Waals surface area contributed by atoms with Gasteiger partial charge in [-0.3, -0.25) is 4.79 Å². The molecule has 0 atom stereocenters. The number of fused-ring (bicyclic) bond motifs is 1. The first-order valence-corrected chi connectivity index (χ1v) is 10.6. The van der Waals surface area contributed by atoms with Crippen molar-refractivity contribution in [3.05, 3.63) is 63.6 Å². The molecule has 4 rings (SSSR count). The van der Waals surface area contributed by atoms with Crippen LogP contribution in [-0.4, -0.2) is 40.8 Å². The van der Waals surface area contributed by atoms with Crippen LogP contribution in [0.2, 0.25) is 0 Å². The Morgan fingerprint density at radius 1 is 1.29 bits per heavy atom. The van der Waals surface area contributed by atoms with E-state index in [-0.39, 0.29) is 24.2 Å². The third kappa shape index (κ3) is 4.59. The second kappa shape index (κ2) is 8.41. The zero-order valence-electron chi connectivity index (χ0n) is 16.0. The highest BCUT2D eigenvalue weighted by atomic mass is 32.2. The van der Waals surface area contributed by atoms with E-state index in [0.717, 1.165) is 43.6 Å². The molecule has 1 aliphatic heterocycles. The molecule has 1 saturated carbocycles. The third-order valence-electron chi connectivity index (χ3n) is 5.39. The maximum absolute atomic E-state index is 12.2. The molecule has 1 aliphatic carbocycles. The van der Waals surface area contributed by atoms with Crippen LogP contribution in [0.25, 0.3) is 0 Å². The molecule has 2 aromatic rings. The summed E-state index contributed by atoms with van der Waals surface area (Å²) in [6.07, 6.45) is 2.80. The van der Waals surface area contributed by atoms with Gasteiger partial charge in [-0.1, -0.05) is 18.2 Å². The molecule has 7 heteroatoms. The molecular formula is C21H26N4O2S. The maximum Gasteiger partial charge on any atom is 0.315 e. The minimum Gasteiger partial charge on any atom is -0.335 e. The first-order chi connectivity index (χ1) is 13.6. The average molecular weight is 399 g/mol. The molecule has 1 aromatic carbocycles. The summed E-state index contributed by atoms with van der Waals surface area (Å²) in [5.41, 5.74) is 2.67. The molecular weight excluding hydrogens is 372 g/mol. The van der Waals surface area contributed by atoms with Crippen molar-refractivity contribution in [2.75, 3.05) is 13.6 Å². The molecule has 148 valence electrons. The number of likely N-dealkylation sites (N-methyl/N-ethyl adjacent to an activating group) is 1. The fourth-order valence-electron chi connectivity index (χ4n) is 3.71. The summed E-state index contributed by atoms with van der Waals surface area (Å²) in [5.74, 6) is 0. The lowest BCUT2D eigenvalue weighted by Crippen LogP contribution is -2.49. The number of aromatic nitrogens is 1. The van der Waals surface area contributed by atoms with Gasteiger partial charge in [0, 0.05) is 53.5 Å². The van der Waals surface area contributed by atoms with E-state index in [4.69, 9.17) is 0 Å². The minimum atomic E-state index is -0.206. The number of rotatable bonds is 5. The Morgan fingerprint density at radius 3 is 2.86 bits per heavy atom. The van der Waals surface area contributed by atoms with Crippen LogP contribution >= 0.6 is 11.8 Å². The number of aromatic amines is 1. The fraction of sp³-hybridized carbons (Fsp3) is 0.429. The predicted octanol–water partition coefficient (Wildman–Crippen LogP) is 2.49. The second-order valence-electron chi connectivity index (χ2n) is 7.66. The van der Waals surface area contributed by atoms with E-state index in [1.807, 2.05) is 36.0 Å². The van der Waals surface area contributed by atoms with Crippen molar-refractivity contribution in [3.63, 3.8) is 0 Å². The van der Waals surface area contributed by atoms with Gasteiger partial charge in [-0.05, 0) is 43.7 Å². The van der Waals surface area contributed by atoms with Crippen molar-refractivity contribution in [3.8, 4) is 0 Å². The molecule has 0 saturated heterocycles. The first kappa shape index (κ1) is 19.1. The zero-order chi connectivity index (χ0) is 19.5. The van der Waals surface area contributed by atoms with Gasteiger partial charge in [0.1, 0.15) is 0 Å². The lowest BCUT2D eigenvalue weighted by atomic mass is 9.92. The predicted molar refractivity (Wildman–Crippen MR) is 112 cm³/mol. The first-order valence-electron chi connectivity index (χ1n) is 9.75. The maximum atomic E-state index is 12.2. The number of benzene rings is 1. The van der Waals surface area contributed by atoms with Gasteiger partial charge in [0.15, 0.2) is 0 Å². The number of carbonyl (C=O) groups is 1. The molecule has 2 amide bonds. The number of thioether (sulfide) groups is 1. The summed E-state index contributed by atoms with van der Waals surface area (Å²) in [5, 5.41) is 6.39. The van der Waals surface area contributed by atoms with E-state index in [0.29, 0.717) is 10.8 Å². The Kier molecular flexibility index (Phi) is 5.73. The third-order valence-corrected chi connectivity index (χ3v) is 6.65. The van der Waals surface area contributed by atoms with Gasteiger partial charge in [-0.15, -0.1) is 11.8 Å². The second-order valence-corrected chi connectivity index (χ2v) is 9.04.